The maximum absolute atomic E-state index is 13.1. The van der Waals surface area contributed by atoms with Gasteiger partial charge in [0.15, 0.2) is 5.69 Å². The van der Waals surface area contributed by atoms with Gasteiger partial charge in [-0.1, -0.05) is 28.9 Å². The number of aryl methyl sites for hydroxylation is 3. The number of benzene rings is 1. The van der Waals surface area contributed by atoms with Gasteiger partial charge in [-0.3, -0.25) is 4.79 Å². The number of nitrogens with one attached hydrogen (secondary N) is 1. The molecular formula is C23H24BrClN6O3. The highest BCUT2D eigenvalue weighted by Crippen LogP contribution is 2.27. The van der Waals surface area contributed by atoms with E-state index in [2.05, 4.69) is 36.6 Å². The minimum atomic E-state index is -0.408. The summed E-state index contributed by atoms with van der Waals surface area (Å²) >= 11 is 9.71. The first-order valence-electron chi connectivity index (χ1n) is 10.5. The molecule has 0 spiro atoms. The van der Waals surface area contributed by atoms with E-state index in [1.807, 2.05) is 44.5 Å². The van der Waals surface area contributed by atoms with Gasteiger partial charge in [0.25, 0.3) is 5.91 Å². The first-order chi connectivity index (χ1) is 16.2. The second-order valence-corrected chi connectivity index (χ2v) is 9.11. The van der Waals surface area contributed by atoms with Gasteiger partial charge >= 0.3 is 0 Å². The van der Waals surface area contributed by atoms with Gasteiger partial charge in [-0.05, 0) is 62.7 Å². The van der Waals surface area contributed by atoms with Crippen molar-refractivity contribution in [3.05, 3.63) is 73.6 Å². The lowest BCUT2D eigenvalue weighted by molar-refractivity contribution is 0.101. The maximum atomic E-state index is 13.1. The summed E-state index contributed by atoms with van der Waals surface area (Å²) in [6, 6.07) is 7.13. The first-order valence-corrected chi connectivity index (χ1v) is 11.7. The highest BCUT2D eigenvalue weighted by molar-refractivity contribution is 9.10. The summed E-state index contributed by atoms with van der Waals surface area (Å²) in [5.41, 5.74) is 4.69. The molecule has 0 aliphatic rings. The van der Waals surface area contributed by atoms with Crippen LogP contribution in [0.15, 0.2) is 33.3 Å². The number of ether oxygens (including phenoxy) is 1. The molecule has 0 saturated carbocycles. The molecule has 0 saturated heterocycles. The van der Waals surface area contributed by atoms with Crippen molar-refractivity contribution < 1.29 is 14.1 Å². The Balaban J connectivity index is 1.53. The number of halogens is 2. The Morgan fingerprint density at radius 3 is 2.44 bits per heavy atom. The summed E-state index contributed by atoms with van der Waals surface area (Å²) in [6.45, 7) is 9.89. The molecular weight excluding hydrogens is 524 g/mol. The second-order valence-electron chi connectivity index (χ2n) is 7.91. The highest BCUT2D eigenvalue weighted by Gasteiger charge is 2.23. The van der Waals surface area contributed by atoms with Gasteiger partial charge in [0, 0.05) is 0 Å². The van der Waals surface area contributed by atoms with Crippen LogP contribution in [-0.2, 0) is 13.3 Å². The van der Waals surface area contributed by atoms with Crippen LogP contribution in [0.5, 0.6) is 5.75 Å². The normalized spacial score (nSPS) is 11.1. The van der Waals surface area contributed by atoms with E-state index in [9.17, 15) is 4.79 Å². The number of carbonyl (C=O) groups is 1. The Kier molecular flexibility index (Phi) is 6.81. The number of nitrogens with zero attached hydrogens (tertiary/aromatic N) is 5. The molecule has 34 heavy (non-hydrogen) atoms. The molecule has 0 fully saturated rings. The molecule has 0 aliphatic carbocycles. The number of aromatic nitrogens is 5. The number of carbonyl (C=O) groups excluding carboxylic acids is 1. The predicted molar refractivity (Wildman–Crippen MR) is 131 cm³/mol. The van der Waals surface area contributed by atoms with E-state index in [-0.39, 0.29) is 12.3 Å². The Labute approximate surface area is 210 Å². The van der Waals surface area contributed by atoms with Gasteiger partial charge in [-0.15, -0.1) is 0 Å². The summed E-state index contributed by atoms with van der Waals surface area (Å²) in [5.74, 6) is 0.602. The van der Waals surface area contributed by atoms with Gasteiger partial charge < -0.3 is 14.6 Å². The largest absolute Gasteiger partial charge is 0.487 e. The molecule has 1 aromatic carbocycles. The minimum absolute atomic E-state index is 0.0891. The number of hydrogen-bond donors (Lipinski definition) is 1. The third-order valence-corrected chi connectivity index (χ3v) is 7.05. The first kappa shape index (κ1) is 24.0. The lowest BCUT2D eigenvalue weighted by atomic mass is 10.2. The fourth-order valence-electron chi connectivity index (χ4n) is 3.58. The molecule has 1 amide bonds. The third kappa shape index (κ3) is 4.60. The lowest BCUT2D eigenvalue weighted by Gasteiger charge is -2.09. The van der Waals surface area contributed by atoms with Crippen LogP contribution < -0.4 is 10.1 Å². The standard InChI is InChI=1S/C23H24BrClN6O3/c1-12-20(24)14(3)30(27-12)11-31-15(4)21(13(2)28-31)26-23(32)22-17(16(5)34-29-22)10-33-19-9-7-6-8-18(19)25/h6-9H,10-11H2,1-5H3,(H,26,32). The van der Waals surface area contributed by atoms with Gasteiger partial charge in [-0.2, -0.15) is 10.2 Å². The lowest BCUT2D eigenvalue weighted by Crippen LogP contribution is -2.17. The molecule has 4 rings (SSSR count). The highest BCUT2D eigenvalue weighted by atomic mass is 79.9. The van der Waals surface area contributed by atoms with Gasteiger partial charge in [0.05, 0.1) is 43.5 Å². The van der Waals surface area contributed by atoms with Crippen molar-refractivity contribution in [2.45, 2.75) is 47.9 Å². The van der Waals surface area contributed by atoms with Crippen molar-refractivity contribution in [3.63, 3.8) is 0 Å². The minimum Gasteiger partial charge on any atom is -0.487 e. The Morgan fingerprint density at radius 2 is 1.76 bits per heavy atom. The molecule has 11 heteroatoms. The zero-order valence-corrected chi connectivity index (χ0v) is 21.8. The summed E-state index contributed by atoms with van der Waals surface area (Å²) in [6.07, 6.45) is 0. The zero-order valence-electron chi connectivity index (χ0n) is 19.4. The van der Waals surface area contributed by atoms with Crippen LogP contribution in [-0.4, -0.2) is 30.6 Å². The molecule has 0 atom stereocenters. The topological polar surface area (TPSA) is 100 Å². The molecule has 0 aliphatic heterocycles. The molecule has 178 valence electrons. The van der Waals surface area contributed by atoms with Crippen LogP contribution in [0, 0.1) is 34.6 Å². The monoisotopic (exact) mass is 546 g/mol. The maximum Gasteiger partial charge on any atom is 0.278 e. The fourth-order valence-corrected chi connectivity index (χ4v) is 4.05. The van der Waals surface area contributed by atoms with Crippen LogP contribution in [0.3, 0.4) is 0 Å². The van der Waals surface area contributed by atoms with Crippen molar-refractivity contribution in [2.24, 2.45) is 0 Å². The van der Waals surface area contributed by atoms with E-state index in [0.717, 1.165) is 21.6 Å². The van der Waals surface area contributed by atoms with E-state index in [1.54, 1.807) is 23.7 Å². The molecule has 0 bridgehead atoms. The van der Waals surface area contributed by atoms with E-state index < -0.39 is 5.91 Å². The number of amides is 1. The Morgan fingerprint density at radius 1 is 1.09 bits per heavy atom. The van der Waals surface area contributed by atoms with Crippen LogP contribution >= 0.6 is 27.5 Å². The van der Waals surface area contributed by atoms with Crippen molar-refractivity contribution in [3.8, 4) is 5.75 Å². The molecule has 3 aromatic heterocycles. The molecule has 4 aromatic rings. The zero-order chi connectivity index (χ0) is 24.6. The van der Waals surface area contributed by atoms with Crippen molar-refractivity contribution >= 4 is 39.1 Å². The second kappa shape index (κ2) is 9.63. The predicted octanol–water partition coefficient (Wildman–Crippen LogP) is 5.36. The van der Waals surface area contributed by atoms with E-state index >= 15 is 0 Å². The molecule has 3 heterocycles. The third-order valence-electron chi connectivity index (χ3n) is 5.59. The smallest absolute Gasteiger partial charge is 0.278 e. The average molecular weight is 548 g/mol. The van der Waals surface area contributed by atoms with Crippen molar-refractivity contribution in [2.75, 3.05) is 5.32 Å². The summed E-state index contributed by atoms with van der Waals surface area (Å²) in [5, 5.41) is 16.5. The molecule has 0 radical (unpaired) electrons. The quantitative estimate of drug-likeness (QED) is 0.334. The summed E-state index contributed by atoms with van der Waals surface area (Å²) in [7, 11) is 0. The molecule has 9 nitrogen and oxygen atoms in total. The van der Waals surface area contributed by atoms with Gasteiger partial charge in [-0.25, -0.2) is 9.36 Å². The Bertz CT molecular complexity index is 1370. The molecule has 0 unspecified atom stereocenters. The number of rotatable bonds is 7. The molecule has 1 N–H and O–H groups in total. The van der Waals surface area contributed by atoms with Crippen LogP contribution in [0.2, 0.25) is 5.02 Å². The van der Waals surface area contributed by atoms with Gasteiger partial charge in [0.2, 0.25) is 0 Å². The average Bonchev–Trinajstić information content (AvgIpc) is 3.38. The number of anilines is 1. The number of hydrogen-bond acceptors (Lipinski definition) is 6. The van der Waals surface area contributed by atoms with Crippen molar-refractivity contribution in [1.29, 1.82) is 0 Å². The van der Waals surface area contributed by atoms with E-state index in [1.165, 1.54) is 0 Å². The van der Waals surface area contributed by atoms with Crippen LogP contribution in [0.25, 0.3) is 0 Å². The van der Waals surface area contributed by atoms with E-state index in [0.29, 0.717) is 40.1 Å². The fraction of sp³-hybridized carbons (Fsp3) is 0.304. The van der Waals surface area contributed by atoms with Crippen molar-refractivity contribution in [1.82, 2.24) is 24.7 Å². The number of para-hydroxylation sites is 1. The Hall–Kier alpha value is -3.11. The van der Waals surface area contributed by atoms with Crippen LogP contribution in [0.1, 0.15) is 44.6 Å². The van der Waals surface area contributed by atoms with Gasteiger partial charge in [0.1, 0.15) is 24.8 Å². The SMILES string of the molecule is Cc1nn(Cn2nc(C)c(NC(=O)c3noc(C)c3COc3ccccc3Cl)c2C)c(C)c1Br. The van der Waals surface area contributed by atoms with Crippen LogP contribution in [0.4, 0.5) is 5.69 Å². The summed E-state index contributed by atoms with van der Waals surface area (Å²) in [4.78, 5) is 13.1. The van der Waals surface area contributed by atoms with E-state index in [4.69, 9.17) is 20.9 Å². The summed E-state index contributed by atoms with van der Waals surface area (Å²) < 4.78 is 15.7.